The fourth-order valence-corrected chi connectivity index (χ4v) is 2.29. The second kappa shape index (κ2) is 5.07. The second-order valence-corrected chi connectivity index (χ2v) is 4.25. The summed E-state index contributed by atoms with van der Waals surface area (Å²) in [5.74, 6) is -0.511. The third-order valence-electron chi connectivity index (χ3n) is 3.05. The number of rotatable bonds is 2. The lowest BCUT2D eigenvalue weighted by atomic mass is 10.0. The Balaban J connectivity index is 2.39. The topological polar surface area (TPSA) is 26.3 Å². The number of allylic oxidation sites excluding steroid dienone is 1. The third kappa shape index (κ3) is 2.80. The van der Waals surface area contributed by atoms with E-state index >= 15 is 0 Å². The summed E-state index contributed by atoms with van der Waals surface area (Å²) in [7, 11) is 0. The summed E-state index contributed by atoms with van der Waals surface area (Å²) in [6.07, 6.45) is -2.34. The minimum atomic E-state index is -4.36. The smallest absolute Gasteiger partial charge is 0.416 e. The predicted molar refractivity (Wildman–Crippen MR) is 64.4 cm³/mol. The number of alkyl halides is 3. The highest BCUT2D eigenvalue weighted by atomic mass is 19.4. The molecule has 1 aliphatic carbocycles. The number of fused-ring (bicyclic) bond motifs is 1. The van der Waals surface area contributed by atoms with Crippen molar-refractivity contribution >= 4 is 11.5 Å². The van der Waals surface area contributed by atoms with Crippen LogP contribution in [0.5, 0.6) is 0 Å². The molecule has 102 valence electrons. The lowest BCUT2D eigenvalue weighted by Gasteiger charge is -2.11. The van der Waals surface area contributed by atoms with Crippen LogP contribution in [0.4, 0.5) is 13.2 Å². The number of carbonyl (C=O) groups is 1. The Kier molecular flexibility index (Phi) is 3.64. The van der Waals surface area contributed by atoms with E-state index in [9.17, 15) is 18.0 Å². The highest BCUT2D eigenvalue weighted by molar-refractivity contribution is 5.93. The minimum Gasteiger partial charge on any atom is -0.463 e. The van der Waals surface area contributed by atoms with Gasteiger partial charge in [0, 0.05) is 6.08 Å². The summed E-state index contributed by atoms with van der Waals surface area (Å²) in [4.78, 5) is 11.4. The molecule has 2 rings (SSSR count). The van der Waals surface area contributed by atoms with Crippen LogP contribution in [-0.4, -0.2) is 12.6 Å². The van der Waals surface area contributed by atoms with Gasteiger partial charge >= 0.3 is 12.1 Å². The molecule has 0 atom stereocenters. The first-order valence-electron chi connectivity index (χ1n) is 6.00. The van der Waals surface area contributed by atoms with Crippen LogP contribution in [0.15, 0.2) is 24.3 Å². The van der Waals surface area contributed by atoms with Crippen molar-refractivity contribution in [2.24, 2.45) is 0 Å². The average Bonchev–Trinajstić information content (AvgIpc) is 2.71. The number of halogens is 3. The van der Waals surface area contributed by atoms with E-state index in [0.29, 0.717) is 24.0 Å². The van der Waals surface area contributed by atoms with Crippen molar-refractivity contribution in [3.63, 3.8) is 0 Å². The number of hydrogen-bond donors (Lipinski definition) is 0. The third-order valence-corrected chi connectivity index (χ3v) is 3.05. The molecule has 0 aliphatic heterocycles. The highest BCUT2D eigenvalue weighted by Gasteiger charge is 2.35. The first-order chi connectivity index (χ1) is 8.93. The van der Waals surface area contributed by atoms with Gasteiger partial charge in [0.15, 0.2) is 0 Å². The molecule has 0 bridgehead atoms. The standard InChI is InChI=1S/C14H13F3O2/c1-2-19-13(18)8-9-6-7-11-10(9)4-3-5-12(11)14(15,16)17/h3-5,8H,2,6-7H2,1H3/b9-8+. The lowest BCUT2D eigenvalue weighted by molar-refractivity contribution is -0.138. The Morgan fingerprint density at radius 3 is 2.74 bits per heavy atom. The summed E-state index contributed by atoms with van der Waals surface area (Å²) >= 11 is 0. The van der Waals surface area contributed by atoms with Crippen molar-refractivity contribution in [2.45, 2.75) is 25.9 Å². The van der Waals surface area contributed by atoms with Gasteiger partial charge in [-0.3, -0.25) is 0 Å². The lowest BCUT2D eigenvalue weighted by Crippen LogP contribution is -2.08. The molecular formula is C14H13F3O2. The van der Waals surface area contributed by atoms with Gasteiger partial charge < -0.3 is 4.74 Å². The molecule has 1 aliphatic rings. The van der Waals surface area contributed by atoms with E-state index in [2.05, 4.69) is 0 Å². The van der Waals surface area contributed by atoms with Gasteiger partial charge in [0.2, 0.25) is 0 Å². The van der Waals surface area contributed by atoms with Gasteiger partial charge in [-0.15, -0.1) is 0 Å². The Bertz CT molecular complexity index is 530. The molecule has 1 aromatic carbocycles. The maximum absolute atomic E-state index is 12.8. The maximum atomic E-state index is 12.8. The van der Waals surface area contributed by atoms with Gasteiger partial charge in [-0.25, -0.2) is 4.79 Å². The molecule has 0 unspecified atom stereocenters. The highest BCUT2D eigenvalue weighted by Crippen LogP contribution is 2.40. The van der Waals surface area contributed by atoms with E-state index in [0.717, 1.165) is 6.07 Å². The number of ether oxygens (including phenoxy) is 1. The zero-order chi connectivity index (χ0) is 14.0. The van der Waals surface area contributed by atoms with Crippen LogP contribution in [-0.2, 0) is 22.1 Å². The monoisotopic (exact) mass is 270 g/mol. The molecule has 0 spiro atoms. The number of benzene rings is 1. The SMILES string of the molecule is CCOC(=O)/C=C1\CCc2c1cccc2C(F)(F)F. The summed E-state index contributed by atoms with van der Waals surface area (Å²) in [5, 5.41) is 0. The van der Waals surface area contributed by atoms with Crippen LogP contribution in [0.3, 0.4) is 0 Å². The first kappa shape index (κ1) is 13.6. The van der Waals surface area contributed by atoms with Gasteiger partial charge in [-0.2, -0.15) is 13.2 Å². The Morgan fingerprint density at radius 2 is 2.11 bits per heavy atom. The quantitative estimate of drug-likeness (QED) is 0.606. The van der Waals surface area contributed by atoms with E-state index in [-0.39, 0.29) is 12.2 Å². The molecule has 0 saturated heterocycles. The molecule has 0 saturated carbocycles. The van der Waals surface area contributed by atoms with Crippen LogP contribution in [0, 0.1) is 0 Å². The number of carbonyl (C=O) groups excluding carboxylic acids is 1. The van der Waals surface area contributed by atoms with Crippen LogP contribution >= 0.6 is 0 Å². The molecule has 2 nitrogen and oxygen atoms in total. The zero-order valence-electron chi connectivity index (χ0n) is 10.4. The van der Waals surface area contributed by atoms with Crippen LogP contribution in [0.2, 0.25) is 0 Å². The van der Waals surface area contributed by atoms with Gasteiger partial charge in [-0.1, -0.05) is 12.1 Å². The number of hydrogen-bond acceptors (Lipinski definition) is 2. The van der Waals surface area contributed by atoms with Crippen molar-refractivity contribution in [2.75, 3.05) is 6.61 Å². The number of esters is 1. The van der Waals surface area contributed by atoms with Crippen molar-refractivity contribution in [3.8, 4) is 0 Å². The largest absolute Gasteiger partial charge is 0.463 e. The van der Waals surface area contributed by atoms with Crippen LogP contribution in [0.1, 0.15) is 30.0 Å². The molecule has 0 amide bonds. The van der Waals surface area contributed by atoms with E-state index in [4.69, 9.17) is 4.74 Å². The molecule has 0 aromatic heterocycles. The molecule has 0 heterocycles. The predicted octanol–water partition coefficient (Wildman–Crippen LogP) is 3.60. The van der Waals surface area contributed by atoms with Gasteiger partial charge in [0.05, 0.1) is 12.2 Å². The Morgan fingerprint density at radius 1 is 1.37 bits per heavy atom. The average molecular weight is 270 g/mol. The minimum absolute atomic E-state index is 0.248. The molecule has 0 fully saturated rings. The first-order valence-corrected chi connectivity index (χ1v) is 6.00. The van der Waals surface area contributed by atoms with E-state index in [1.54, 1.807) is 13.0 Å². The Labute approximate surface area is 108 Å². The van der Waals surface area contributed by atoms with Crippen molar-refractivity contribution in [1.82, 2.24) is 0 Å². The molecule has 19 heavy (non-hydrogen) atoms. The molecular weight excluding hydrogens is 257 g/mol. The van der Waals surface area contributed by atoms with E-state index in [1.165, 1.54) is 12.1 Å². The van der Waals surface area contributed by atoms with E-state index < -0.39 is 17.7 Å². The summed E-state index contributed by atoms with van der Waals surface area (Å²) in [5.41, 5.74) is 0.769. The van der Waals surface area contributed by atoms with Crippen LogP contribution < -0.4 is 0 Å². The van der Waals surface area contributed by atoms with Crippen molar-refractivity contribution in [1.29, 1.82) is 0 Å². The summed E-state index contributed by atoms with van der Waals surface area (Å²) in [6, 6.07) is 4.06. The normalized spacial score (nSPS) is 16.5. The molecule has 1 aromatic rings. The summed E-state index contributed by atoms with van der Waals surface area (Å²) < 4.78 is 43.3. The van der Waals surface area contributed by atoms with Gasteiger partial charge in [0.1, 0.15) is 0 Å². The molecule has 0 radical (unpaired) electrons. The maximum Gasteiger partial charge on any atom is 0.416 e. The van der Waals surface area contributed by atoms with Gasteiger partial charge in [-0.05, 0) is 42.5 Å². The Hall–Kier alpha value is -1.78. The van der Waals surface area contributed by atoms with Gasteiger partial charge in [0.25, 0.3) is 0 Å². The van der Waals surface area contributed by atoms with Crippen molar-refractivity contribution in [3.05, 3.63) is 41.0 Å². The van der Waals surface area contributed by atoms with E-state index in [1.807, 2.05) is 0 Å². The zero-order valence-corrected chi connectivity index (χ0v) is 10.4. The fraction of sp³-hybridized carbons (Fsp3) is 0.357. The molecule has 0 N–H and O–H groups in total. The van der Waals surface area contributed by atoms with Crippen molar-refractivity contribution < 1.29 is 22.7 Å². The second-order valence-electron chi connectivity index (χ2n) is 4.25. The summed E-state index contributed by atoms with van der Waals surface area (Å²) in [6.45, 7) is 1.93. The fourth-order valence-electron chi connectivity index (χ4n) is 2.29. The molecule has 5 heteroatoms. The van der Waals surface area contributed by atoms with Crippen LogP contribution in [0.25, 0.3) is 5.57 Å².